The topological polar surface area (TPSA) is 29.1 Å². The van der Waals surface area contributed by atoms with E-state index in [1.807, 2.05) is 0 Å². The van der Waals surface area contributed by atoms with Gasteiger partial charge in [0.15, 0.2) is 0 Å². The van der Waals surface area contributed by atoms with Gasteiger partial charge in [0.1, 0.15) is 11.7 Å². The summed E-state index contributed by atoms with van der Waals surface area (Å²) in [5.74, 6) is -7.02. The zero-order chi connectivity index (χ0) is 29.9. The Hall–Kier alpha value is -1.45. The van der Waals surface area contributed by atoms with Crippen molar-refractivity contribution in [3.8, 4) is 0 Å². The summed E-state index contributed by atoms with van der Waals surface area (Å²) in [6.07, 6.45) is -14.6. The smallest absolute Gasteiger partial charge is 0.349 e. The SMILES string of the molecule is CC(CSCC(F)(F)F)NC(=O)c1ccc(/C(F)=C/C(c2cc(Br)c(Cl)c(Br)c2)C(F)(F)F)cc1C(F)(F)F. The van der Waals surface area contributed by atoms with Gasteiger partial charge in [-0.3, -0.25) is 4.79 Å². The number of hydrogen-bond donors (Lipinski definition) is 1. The largest absolute Gasteiger partial charge is 0.417 e. The van der Waals surface area contributed by atoms with Crippen molar-refractivity contribution in [1.29, 1.82) is 0 Å². The van der Waals surface area contributed by atoms with Crippen LogP contribution in [0.1, 0.15) is 39.9 Å². The average molecular weight is 740 g/mol. The number of hydrogen-bond acceptors (Lipinski definition) is 2. The van der Waals surface area contributed by atoms with Crippen molar-refractivity contribution >= 4 is 67.0 Å². The first-order valence-electron chi connectivity index (χ1n) is 10.5. The lowest BCUT2D eigenvalue weighted by Crippen LogP contribution is -2.35. The summed E-state index contributed by atoms with van der Waals surface area (Å²) in [6, 6.07) is 2.46. The number of carbonyl (C=O) groups is 1. The molecular formula is C23H16Br2ClF10NOS. The minimum atomic E-state index is -5.22. The van der Waals surface area contributed by atoms with Crippen molar-refractivity contribution in [2.75, 3.05) is 11.5 Å². The summed E-state index contributed by atoms with van der Waals surface area (Å²) in [7, 11) is 0. The van der Waals surface area contributed by atoms with Crippen molar-refractivity contribution in [1.82, 2.24) is 5.32 Å². The standard InChI is InChI=1S/C23H16Br2ClF10NOS/c1-10(8-39-9-21(28,29)30)37-20(38)13-3-2-11(4-15(13)23(34,35)36)18(27)7-14(22(31,32)33)12-5-16(24)19(26)17(25)6-12/h2-7,10,14H,8-9H2,1H3,(H,37,38)/b18-7-. The van der Waals surface area contributed by atoms with E-state index in [9.17, 15) is 48.7 Å². The van der Waals surface area contributed by atoms with E-state index in [1.165, 1.54) is 6.92 Å². The van der Waals surface area contributed by atoms with Crippen molar-refractivity contribution in [3.05, 3.63) is 72.6 Å². The molecule has 2 nitrogen and oxygen atoms in total. The summed E-state index contributed by atoms with van der Waals surface area (Å²) in [5, 5.41) is 2.17. The Balaban J connectivity index is 2.42. The second-order valence-corrected chi connectivity index (χ2v) is 11.2. The highest BCUT2D eigenvalue weighted by atomic mass is 79.9. The van der Waals surface area contributed by atoms with E-state index in [0.717, 1.165) is 12.1 Å². The molecule has 0 aliphatic heterocycles. The molecule has 216 valence electrons. The first kappa shape index (κ1) is 33.8. The van der Waals surface area contributed by atoms with Gasteiger partial charge in [-0.1, -0.05) is 17.7 Å². The normalized spacial score (nSPS) is 14.8. The van der Waals surface area contributed by atoms with Crippen LogP contribution in [-0.2, 0) is 6.18 Å². The third-order valence-electron chi connectivity index (χ3n) is 4.89. The van der Waals surface area contributed by atoms with E-state index in [-0.39, 0.29) is 31.9 Å². The maximum Gasteiger partial charge on any atom is 0.417 e. The molecule has 39 heavy (non-hydrogen) atoms. The van der Waals surface area contributed by atoms with E-state index >= 15 is 0 Å². The van der Waals surface area contributed by atoms with Crippen molar-refractivity contribution < 1.29 is 48.7 Å². The van der Waals surface area contributed by atoms with Crippen LogP contribution in [0.2, 0.25) is 5.02 Å². The van der Waals surface area contributed by atoms with Gasteiger partial charge in [0.2, 0.25) is 0 Å². The molecule has 1 amide bonds. The lowest BCUT2D eigenvalue weighted by atomic mass is 9.95. The molecule has 0 saturated heterocycles. The van der Waals surface area contributed by atoms with Gasteiger partial charge in [0.25, 0.3) is 5.91 Å². The fraction of sp³-hybridized carbons (Fsp3) is 0.348. The van der Waals surface area contributed by atoms with Crippen LogP contribution in [0.4, 0.5) is 43.9 Å². The number of nitrogens with one attached hydrogen (secondary N) is 1. The van der Waals surface area contributed by atoms with Crippen LogP contribution in [0.5, 0.6) is 0 Å². The van der Waals surface area contributed by atoms with Gasteiger partial charge in [0, 0.05) is 26.3 Å². The lowest BCUT2D eigenvalue weighted by Gasteiger charge is -2.20. The number of alkyl halides is 9. The Kier molecular flexibility index (Phi) is 11.3. The maximum absolute atomic E-state index is 15.0. The molecule has 0 aliphatic rings. The van der Waals surface area contributed by atoms with Gasteiger partial charge in [-0.2, -0.15) is 51.3 Å². The second kappa shape index (κ2) is 13.0. The molecule has 2 atom stereocenters. The molecule has 16 heteroatoms. The Morgan fingerprint density at radius 1 is 1.03 bits per heavy atom. The minimum Gasteiger partial charge on any atom is -0.349 e. The molecule has 2 rings (SSSR count). The summed E-state index contributed by atoms with van der Waals surface area (Å²) >= 11 is 12.3. The van der Waals surface area contributed by atoms with E-state index in [1.54, 1.807) is 0 Å². The highest BCUT2D eigenvalue weighted by Crippen LogP contribution is 2.43. The fourth-order valence-corrected chi connectivity index (χ4v) is 5.31. The Bertz CT molecular complexity index is 1210. The van der Waals surface area contributed by atoms with Gasteiger partial charge in [-0.15, -0.1) is 0 Å². The quantitative estimate of drug-likeness (QED) is 0.216. The van der Waals surface area contributed by atoms with E-state index in [2.05, 4.69) is 37.2 Å². The van der Waals surface area contributed by atoms with Gasteiger partial charge < -0.3 is 5.32 Å². The fourth-order valence-electron chi connectivity index (χ4n) is 3.20. The molecule has 0 spiro atoms. The first-order valence-corrected chi connectivity index (χ1v) is 13.6. The van der Waals surface area contributed by atoms with Crippen LogP contribution >= 0.6 is 55.2 Å². The molecule has 0 aromatic heterocycles. The predicted molar refractivity (Wildman–Crippen MR) is 136 cm³/mol. The molecule has 0 aliphatic carbocycles. The van der Waals surface area contributed by atoms with E-state index in [4.69, 9.17) is 11.6 Å². The van der Waals surface area contributed by atoms with Crippen LogP contribution in [0.15, 0.2) is 45.4 Å². The summed E-state index contributed by atoms with van der Waals surface area (Å²) in [6.45, 7) is 1.27. The van der Waals surface area contributed by atoms with Crippen LogP contribution < -0.4 is 5.32 Å². The van der Waals surface area contributed by atoms with Crippen LogP contribution in [0.25, 0.3) is 5.83 Å². The third-order valence-corrected chi connectivity index (χ3v) is 8.27. The molecule has 2 unspecified atom stereocenters. The molecule has 2 aromatic carbocycles. The van der Waals surface area contributed by atoms with Gasteiger partial charge >= 0.3 is 18.5 Å². The zero-order valence-corrected chi connectivity index (χ0v) is 24.0. The van der Waals surface area contributed by atoms with Crippen LogP contribution in [-0.4, -0.2) is 35.8 Å². The number of allylic oxidation sites excluding steroid dienone is 1. The zero-order valence-electron chi connectivity index (χ0n) is 19.3. The van der Waals surface area contributed by atoms with Crippen LogP contribution in [0.3, 0.4) is 0 Å². The number of thioether (sulfide) groups is 1. The van der Waals surface area contributed by atoms with Gasteiger partial charge in [-0.05, 0) is 74.7 Å². The number of benzene rings is 2. The van der Waals surface area contributed by atoms with Crippen molar-refractivity contribution in [2.24, 2.45) is 0 Å². The molecule has 0 saturated carbocycles. The minimum absolute atomic E-state index is 0.0427. The van der Waals surface area contributed by atoms with Crippen molar-refractivity contribution in [3.63, 3.8) is 0 Å². The summed E-state index contributed by atoms with van der Waals surface area (Å²) in [5.41, 5.74) is -3.97. The van der Waals surface area contributed by atoms with E-state index in [0.29, 0.717) is 23.9 Å². The molecule has 0 radical (unpaired) electrons. The molecule has 0 heterocycles. The molecular weight excluding hydrogens is 724 g/mol. The van der Waals surface area contributed by atoms with Crippen molar-refractivity contribution in [2.45, 2.75) is 37.4 Å². The Morgan fingerprint density at radius 2 is 1.59 bits per heavy atom. The average Bonchev–Trinajstić information content (AvgIpc) is 2.77. The van der Waals surface area contributed by atoms with Crippen LogP contribution in [0, 0.1) is 0 Å². The number of amides is 1. The summed E-state index contributed by atoms with van der Waals surface area (Å²) in [4.78, 5) is 12.4. The molecule has 0 fully saturated rings. The monoisotopic (exact) mass is 737 g/mol. The highest BCUT2D eigenvalue weighted by molar-refractivity contribution is 9.11. The first-order chi connectivity index (χ1) is 17.7. The Labute approximate surface area is 241 Å². The third kappa shape index (κ3) is 9.85. The Morgan fingerprint density at radius 3 is 2.08 bits per heavy atom. The highest BCUT2D eigenvalue weighted by Gasteiger charge is 2.41. The lowest BCUT2D eigenvalue weighted by molar-refractivity contribution is -0.140. The molecule has 2 aromatic rings. The molecule has 1 N–H and O–H groups in total. The van der Waals surface area contributed by atoms with E-state index < -0.39 is 70.2 Å². The van der Waals surface area contributed by atoms with Gasteiger partial charge in [-0.25, -0.2) is 4.39 Å². The summed E-state index contributed by atoms with van der Waals surface area (Å²) < 4.78 is 134. The number of carbonyl (C=O) groups excluding carboxylic acids is 1. The molecule has 0 bridgehead atoms. The maximum atomic E-state index is 15.0. The van der Waals surface area contributed by atoms with Gasteiger partial charge in [0.05, 0.1) is 21.9 Å². The predicted octanol–water partition coefficient (Wildman–Crippen LogP) is 9.95. The second-order valence-electron chi connectivity index (χ2n) is 8.10. The number of rotatable bonds is 8. The number of halogens is 13.